The van der Waals surface area contributed by atoms with Gasteiger partial charge >= 0.3 is 19.8 Å². The molecule has 0 aliphatic carbocycles. The number of esters is 1. The molecule has 0 saturated heterocycles. The van der Waals surface area contributed by atoms with Gasteiger partial charge in [-0.2, -0.15) is 0 Å². The third kappa shape index (κ3) is 35.7. The summed E-state index contributed by atoms with van der Waals surface area (Å²) >= 11 is 0. The Morgan fingerprint density at radius 1 is 0.611 bits per heavy atom. The van der Waals surface area contributed by atoms with Crippen LogP contribution in [0.15, 0.2) is 85.1 Å². The highest BCUT2D eigenvalue weighted by Gasteiger charge is 2.28. The molecule has 0 radical (unpaired) electrons. The first-order valence-electron chi connectivity index (χ1n) is 19.6. The van der Waals surface area contributed by atoms with Gasteiger partial charge < -0.3 is 25.2 Å². The molecule has 11 nitrogen and oxygen atoms in total. The molecule has 306 valence electrons. The Bertz CT molecular complexity index is 1240. The number of nitrogens with one attached hydrogen (secondary N) is 1. The van der Waals surface area contributed by atoms with Crippen molar-refractivity contribution < 1.29 is 47.8 Å². The normalized spacial score (nSPS) is 14.7. The molecule has 0 spiro atoms. The van der Waals surface area contributed by atoms with Gasteiger partial charge in [-0.3, -0.25) is 18.6 Å². The van der Waals surface area contributed by atoms with Gasteiger partial charge in [0.1, 0.15) is 12.7 Å². The fraction of sp³-hybridized carbons (Fsp3) is 0.595. The Morgan fingerprint density at radius 3 is 1.65 bits per heavy atom. The smallest absolute Gasteiger partial charge is 0.472 e. The minimum atomic E-state index is -4.77. The van der Waals surface area contributed by atoms with Crippen LogP contribution in [0.1, 0.15) is 129 Å². The molecule has 0 rings (SSSR count). The number of allylic oxidation sites excluding steroid dienone is 14. The molecule has 0 aliphatic heterocycles. The van der Waals surface area contributed by atoms with Gasteiger partial charge in [-0.25, -0.2) is 9.36 Å². The first-order chi connectivity index (χ1) is 26.1. The lowest BCUT2D eigenvalue weighted by molar-refractivity contribution is -0.147. The molecule has 54 heavy (non-hydrogen) atoms. The molecule has 4 N–H and O–H groups in total. The molecule has 12 heteroatoms. The summed E-state index contributed by atoms with van der Waals surface area (Å²) in [6, 6.07) is -1.56. The van der Waals surface area contributed by atoms with Crippen molar-refractivity contribution in [1.29, 1.82) is 0 Å². The van der Waals surface area contributed by atoms with Gasteiger partial charge in [0.25, 0.3) is 0 Å². The number of aliphatic hydroxyl groups is 1. The van der Waals surface area contributed by atoms with Crippen molar-refractivity contribution in [2.75, 3.05) is 19.8 Å². The maximum atomic E-state index is 12.2. The van der Waals surface area contributed by atoms with Crippen molar-refractivity contribution in [2.45, 2.75) is 142 Å². The highest BCUT2D eigenvalue weighted by atomic mass is 31.2. The third-order valence-corrected chi connectivity index (χ3v) is 8.63. The molecule has 0 aromatic heterocycles. The van der Waals surface area contributed by atoms with Crippen molar-refractivity contribution in [1.82, 2.24) is 5.32 Å². The second-order valence-corrected chi connectivity index (χ2v) is 14.2. The molecule has 0 heterocycles. The summed E-state index contributed by atoms with van der Waals surface area (Å²) in [6.45, 7) is 2.31. The molecule has 0 fully saturated rings. The van der Waals surface area contributed by atoms with Gasteiger partial charge in [0.05, 0.1) is 13.2 Å². The van der Waals surface area contributed by atoms with Gasteiger partial charge in [0.15, 0.2) is 6.04 Å². The van der Waals surface area contributed by atoms with Crippen LogP contribution in [0.5, 0.6) is 0 Å². The molecule has 3 atom stereocenters. The first kappa shape index (κ1) is 50.7. The minimum absolute atomic E-state index is 0.0940. The zero-order valence-electron chi connectivity index (χ0n) is 32.7. The van der Waals surface area contributed by atoms with Crippen LogP contribution in [0.3, 0.4) is 0 Å². The number of rotatable bonds is 35. The summed E-state index contributed by atoms with van der Waals surface area (Å²) < 4.78 is 26.7. The summed E-state index contributed by atoms with van der Waals surface area (Å²) in [7, 11) is -4.77. The summed E-state index contributed by atoms with van der Waals surface area (Å²) in [5.41, 5.74) is 0. The minimum Gasteiger partial charge on any atom is -0.480 e. The summed E-state index contributed by atoms with van der Waals surface area (Å²) in [4.78, 5) is 45.7. The van der Waals surface area contributed by atoms with Crippen LogP contribution in [-0.2, 0) is 32.7 Å². The predicted octanol–water partition coefficient (Wildman–Crippen LogP) is 9.55. The first-order valence-corrected chi connectivity index (χ1v) is 21.1. The van der Waals surface area contributed by atoms with Crippen LogP contribution in [0.2, 0.25) is 0 Å². The Kier molecular flexibility index (Phi) is 34.4. The van der Waals surface area contributed by atoms with Crippen molar-refractivity contribution in [3.63, 3.8) is 0 Å². The largest absolute Gasteiger partial charge is 0.480 e. The number of aliphatic hydroxyl groups excluding tert-OH is 1. The van der Waals surface area contributed by atoms with E-state index >= 15 is 0 Å². The lowest BCUT2D eigenvalue weighted by Gasteiger charge is -2.18. The van der Waals surface area contributed by atoms with Crippen LogP contribution >= 0.6 is 7.82 Å². The second kappa shape index (κ2) is 36.6. The number of carboxylic acids is 1. The average Bonchev–Trinajstić information content (AvgIpc) is 3.14. The van der Waals surface area contributed by atoms with Gasteiger partial charge in [0.2, 0.25) is 5.91 Å². The lowest BCUT2D eigenvalue weighted by Crippen LogP contribution is -2.43. The standard InChI is InChI=1S/C42H68NO10P/c1-3-5-7-9-11-13-15-16-17-18-19-20-21-22-24-26-28-30-32-34-41(46)51-35-38(44)36-52-54(49,50)53-37-39(42(47)48)43-40(45)33-31-29-27-25-23-14-12-10-8-6-4-2/h5,7,10-13,16-17,19-20,22,24,28,30,38-39,44H,3-4,6,8-9,14-15,18,21,23,25-27,29,31-37H2,1-2H3,(H,43,45)(H,47,48)(H,49,50)/b7-5-,12-10-,13-11-,17-16-,20-19-,24-22-,30-28-. The van der Waals surface area contributed by atoms with Crippen molar-refractivity contribution in [2.24, 2.45) is 0 Å². The number of unbranched alkanes of at least 4 members (excludes halogenated alkanes) is 7. The quantitative estimate of drug-likeness (QED) is 0.0210. The molecule has 0 aromatic rings. The van der Waals surface area contributed by atoms with E-state index in [1.54, 1.807) is 0 Å². The van der Waals surface area contributed by atoms with Crippen LogP contribution in [0, 0.1) is 0 Å². The van der Waals surface area contributed by atoms with E-state index in [1.807, 2.05) is 18.2 Å². The zero-order valence-corrected chi connectivity index (χ0v) is 33.6. The zero-order chi connectivity index (χ0) is 40.0. The number of aliphatic carboxylic acids is 1. The van der Waals surface area contributed by atoms with E-state index in [1.165, 1.54) is 12.8 Å². The fourth-order valence-corrected chi connectivity index (χ4v) is 5.39. The van der Waals surface area contributed by atoms with E-state index in [0.717, 1.165) is 77.0 Å². The lowest BCUT2D eigenvalue weighted by atomic mass is 10.1. The summed E-state index contributed by atoms with van der Waals surface area (Å²) in [6.07, 6.45) is 43.5. The van der Waals surface area contributed by atoms with Gasteiger partial charge in [-0.05, 0) is 70.6 Å². The Hall–Kier alpha value is -3.34. The number of hydrogen-bond acceptors (Lipinski definition) is 8. The number of phosphoric acid groups is 1. The van der Waals surface area contributed by atoms with Gasteiger partial charge in [-0.15, -0.1) is 0 Å². The highest BCUT2D eigenvalue weighted by molar-refractivity contribution is 7.47. The molecule has 0 saturated carbocycles. The van der Waals surface area contributed by atoms with E-state index in [9.17, 15) is 34.1 Å². The van der Waals surface area contributed by atoms with Crippen molar-refractivity contribution >= 4 is 25.7 Å². The summed E-state index contributed by atoms with van der Waals surface area (Å²) in [5.74, 6) is -2.49. The van der Waals surface area contributed by atoms with Crippen LogP contribution in [0.25, 0.3) is 0 Å². The maximum Gasteiger partial charge on any atom is 0.472 e. The van der Waals surface area contributed by atoms with Crippen molar-refractivity contribution in [3.05, 3.63) is 85.1 Å². The Morgan fingerprint density at radius 2 is 1.09 bits per heavy atom. The van der Waals surface area contributed by atoms with E-state index in [2.05, 4.69) is 86.0 Å². The fourth-order valence-electron chi connectivity index (χ4n) is 4.61. The number of amides is 1. The Labute approximate surface area is 324 Å². The number of carboxylic acid groups (broad SMARTS) is 1. The number of ether oxygens (including phenoxy) is 1. The number of carbonyl (C=O) groups is 3. The van der Waals surface area contributed by atoms with Gasteiger partial charge in [0, 0.05) is 12.8 Å². The molecular weight excluding hydrogens is 709 g/mol. The van der Waals surface area contributed by atoms with Crippen LogP contribution in [0.4, 0.5) is 0 Å². The second-order valence-electron chi connectivity index (χ2n) is 12.7. The summed E-state index contributed by atoms with van der Waals surface area (Å²) in [5, 5.41) is 21.7. The van der Waals surface area contributed by atoms with Crippen LogP contribution < -0.4 is 5.32 Å². The molecule has 0 aromatic carbocycles. The molecule has 0 aliphatic rings. The van der Waals surface area contributed by atoms with Crippen LogP contribution in [-0.4, -0.2) is 64.9 Å². The third-order valence-electron chi connectivity index (χ3n) is 7.68. The monoisotopic (exact) mass is 777 g/mol. The Balaban J connectivity index is 4.07. The van der Waals surface area contributed by atoms with E-state index < -0.39 is 57.6 Å². The van der Waals surface area contributed by atoms with E-state index in [0.29, 0.717) is 12.8 Å². The highest BCUT2D eigenvalue weighted by Crippen LogP contribution is 2.43. The number of phosphoric ester groups is 1. The van der Waals surface area contributed by atoms with Crippen molar-refractivity contribution in [3.8, 4) is 0 Å². The molecule has 0 bridgehead atoms. The molecular formula is C42H68NO10P. The maximum absolute atomic E-state index is 12.2. The SMILES string of the molecule is CC/C=C\C/C=C\C/C=C\C/C=C\C/C=C\C/C=C\CCC(=O)OCC(O)COP(=O)(O)OCC(NC(=O)CCCCCCC/C=C\CCCC)C(=O)O. The number of carbonyl (C=O) groups excluding carboxylic acids is 2. The van der Waals surface area contributed by atoms with E-state index in [4.69, 9.17) is 13.8 Å². The average molecular weight is 778 g/mol. The predicted molar refractivity (Wildman–Crippen MR) is 217 cm³/mol. The topological polar surface area (TPSA) is 169 Å². The molecule has 1 amide bonds. The van der Waals surface area contributed by atoms with Gasteiger partial charge in [-0.1, -0.05) is 131 Å². The number of hydrogen-bond donors (Lipinski definition) is 4. The molecule has 3 unspecified atom stereocenters. The van der Waals surface area contributed by atoms with E-state index in [-0.39, 0.29) is 12.8 Å².